The number of benzene rings is 1. The minimum atomic E-state index is 0.160. The van der Waals surface area contributed by atoms with Crippen molar-refractivity contribution < 1.29 is 9.47 Å². The predicted molar refractivity (Wildman–Crippen MR) is 103 cm³/mol. The average molecular weight is 348 g/mol. The Balaban J connectivity index is 1.84. The number of guanidine groups is 1. The number of nitrogens with zero attached hydrogens (tertiary/aromatic N) is 1. The third kappa shape index (κ3) is 5.92. The van der Waals surface area contributed by atoms with Crippen molar-refractivity contribution in [2.24, 2.45) is 16.3 Å². The van der Waals surface area contributed by atoms with Gasteiger partial charge in [-0.25, -0.2) is 0 Å². The van der Waals surface area contributed by atoms with Crippen LogP contribution >= 0.6 is 0 Å². The molecule has 0 radical (unpaired) electrons. The van der Waals surface area contributed by atoms with Gasteiger partial charge in [0.1, 0.15) is 5.75 Å². The van der Waals surface area contributed by atoms with E-state index in [9.17, 15) is 0 Å². The summed E-state index contributed by atoms with van der Waals surface area (Å²) in [5.74, 6) is 2.21. The van der Waals surface area contributed by atoms with Crippen molar-refractivity contribution >= 4 is 5.96 Å². The summed E-state index contributed by atoms with van der Waals surface area (Å²) in [6, 6.07) is 8.06. The normalized spacial score (nSPS) is 21.7. The number of ether oxygens (including phenoxy) is 2. The monoisotopic (exact) mass is 347 g/mol. The highest BCUT2D eigenvalue weighted by molar-refractivity contribution is 5.79. The van der Waals surface area contributed by atoms with Crippen molar-refractivity contribution in [2.75, 3.05) is 27.3 Å². The Kier molecular flexibility index (Phi) is 7.12. The molecule has 0 aromatic heterocycles. The molecule has 1 fully saturated rings. The van der Waals surface area contributed by atoms with Gasteiger partial charge in [-0.15, -0.1) is 0 Å². The van der Waals surface area contributed by atoms with Gasteiger partial charge in [-0.1, -0.05) is 32.9 Å². The van der Waals surface area contributed by atoms with Crippen LogP contribution in [0, 0.1) is 11.3 Å². The summed E-state index contributed by atoms with van der Waals surface area (Å²) < 4.78 is 11.3. The van der Waals surface area contributed by atoms with Gasteiger partial charge in [0.2, 0.25) is 0 Å². The van der Waals surface area contributed by atoms with Crippen molar-refractivity contribution in [3.63, 3.8) is 0 Å². The van der Waals surface area contributed by atoms with Crippen LogP contribution in [0.2, 0.25) is 0 Å². The number of nitrogens with one attached hydrogen (secondary N) is 2. The molecule has 1 aliphatic heterocycles. The maximum absolute atomic E-state index is 6.06. The Bertz CT molecular complexity index is 549. The van der Waals surface area contributed by atoms with E-state index in [1.54, 1.807) is 7.11 Å². The van der Waals surface area contributed by atoms with Crippen LogP contribution in [0.5, 0.6) is 5.75 Å². The van der Waals surface area contributed by atoms with E-state index in [1.165, 1.54) is 12.0 Å². The molecule has 1 aliphatic rings. The lowest BCUT2D eigenvalue weighted by molar-refractivity contribution is -0.0835. The van der Waals surface area contributed by atoms with Crippen LogP contribution in [0.3, 0.4) is 0 Å². The van der Waals surface area contributed by atoms with Crippen molar-refractivity contribution in [3.05, 3.63) is 29.8 Å². The highest BCUT2D eigenvalue weighted by atomic mass is 16.5. The zero-order chi connectivity index (χ0) is 18.3. The Morgan fingerprint density at radius 2 is 1.96 bits per heavy atom. The molecule has 0 aliphatic carbocycles. The van der Waals surface area contributed by atoms with E-state index in [4.69, 9.17) is 9.47 Å². The van der Waals surface area contributed by atoms with Gasteiger partial charge in [0, 0.05) is 32.7 Å². The molecule has 2 unspecified atom stereocenters. The van der Waals surface area contributed by atoms with Gasteiger partial charge in [0.05, 0.1) is 13.2 Å². The summed E-state index contributed by atoms with van der Waals surface area (Å²) >= 11 is 0. The first kappa shape index (κ1) is 19.6. The molecule has 5 heteroatoms. The van der Waals surface area contributed by atoms with Gasteiger partial charge >= 0.3 is 0 Å². The fourth-order valence-electron chi connectivity index (χ4n) is 3.39. The third-order valence-corrected chi connectivity index (χ3v) is 4.67. The van der Waals surface area contributed by atoms with Crippen molar-refractivity contribution in [1.29, 1.82) is 0 Å². The second-order valence-electron chi connectivity index (χ2n) is 7.71. The molecule has 2 N–H and O–H groups in total. The predicted octanol–water partition coefficient (Wildman–Crippen LogP) is 3.20. The van der Waals surface area contributed by atoms with Crippen LogP contribution < -0.4 is 15.4 Å². The minimum Gasteiger partial charge on any atom is -0.497 e. The second-order valence-corrected chi connectivity index (χ2v) is 7.71. The topological polar surface area (TPSA) is 54.9 Å². The van der Waals surface area contributed by atoms with Crippen LogP contribution in [0.15, 0.2) is 29.3 Å². The number of methoxy groups -OCH3 is 1. The first-order valence-electron chi connectivity index (χ1n) is 9.13. The molecule has 2 atom stereocenters. The highest BCUT2D eigenvalue weighted by Crippen LogP contribution is 2.33. The molecule has 1 aromatic carbocycles. The fraction of sp³-hybridized carbons (Fsp3) is 0.650. The molecule has 25 heavy (non-hydrogen) atoms. The van der Waals surface area contributed by atoms with Crippen LogP contribution in [-0.4, -0.2) is 39.4 Å². The Labute approximate surface area is 152 Å². The largest absolute Gasteiger partial charge is 0.497 e. The van der Waals surface area contributed by atoms with E-state index in [0.717, 1.165) is 37.8 Å². The zero-order valence-corrected chi connectivity index (χ0v) is 16.3. The third-order valence-electron chi connectivity index (χ3n) is 4.67. The van der Waals surface area contributed by atoms with E-state index < -0.39 is 0 Å². The van der Waals surface area contributed by atoms with Crippen LogP contribution in [0.4, 0.5) is 0 Å². The first-order valence-corrected chi connectivity index (χ1v) is 9.13. The van der Waals surface area contributed by atoms with E-state index in [1.807, 2.05) is 19.2 Å². The Morgan fingerprint density at radius 3 is 2.56 bits per heavy atom. The lowest BCUT2D eigenvalue weighted by atomic mass is 9.78. The summed E-state index contributed by atoms with van der Waals surface area (Å²) in [6.45, 7) is 9.26. The van der Waals surface area contributed by atoms with Gasteiger partial charge in [0.15, 0.2) is 5.96 Å². The van der Waals surface area contributed by atoms with Crippen LogP contribution in [-0.2, 0) is 11.3 Å². The van der Waals surface area contributed by atoms with Crippen molar-refractivity contribution in [3.8, 4) is 5.75 Å². The van der Waals surface area contributed by atoms with E-state index in [-0.39, 0.29) is 11.5 Å². The molecule has 0 saturated carbocycles. The molecule has 1 saturated heterocycles. The number of aliphatic imine (C=N–C) groups is 1. The molecular formula is C20H33N3O2. The lowest BCUT2D eigenvalue weighted by Crippen LogP contribution is -2.47. The summed E-state index contributed by atoms with van der Waals surface area (Å²) in [6.07, 6.45) is 2.62. The summed E-state index contributed by atoms with van der Waals surface area (Å²) in [7, 11) is 3.49. The minimum absolute atomic E-state index is 0.160. The van der Waals surface area contributed by atoms with E-state index in [0.29, 0.717) is 5.92 Å². The number of hydrogen-bond donors (Lipinski definition) is 2. The van der Waals surface area contributed by atoms with E-state index >= 15 is 0 Å². The Hall–Kier alpha value is -1.75. The molecule has 1 heterocycles. The van der Waals surface area contributed by atoms with Crippen molar-refractivity contribution in [1.82, 2.24) is 10.6 Å². The molecule has 2 rings (SSSR count). The summed E-state index contributed by atoms with van der Waals surface area (Å²) in [4.78, 5) is 4.34. The van der Waals surface area contributed by atoms with Crippen LogP contribution in [0.1, 0.15) is 39.2 Å². The SMILES string of the molecule is CN=C(NCc1ccc(OC)cc1)NCC1CCCOC1C(C)(C)C. The molecule has 140 valence electrons. The van der Waals surface area contributed by atoms with Gasteiger partial charge in [0.25, 0.3) is 0 Å². The fourth-order valence-corrected chi connectivity index (χ4v) is 3.39. The van der Waals surface area contributed by atoms with Gasteiger partial charge in [-0.05, 0) is 36.0 Å². The maximum atomic E-state index is 6.06. The van der Waals surface area contributed by atoms with Gasteiger partial charge in [-0.3, -0.25) is 4.99 Å². The first-order chi connectivity index (χ1) is 11.9. The maximum Gasteiger partial charge on any atom is 0.191 e. The van der Waals surface area contributed by atoms with Gasteiger partial charge < -0.3 is 20.1 Å². The van der Waals surface area contributed by atoms with E-state index in [2.05, 4.69) is 48.5 Å². The average Bonchev–Trinajstić information content (AvgIpc) is 2.62. The smallest absolute Gasteiger partial charge is 0.191 e. The highest BCUT2D eigenvalue weighted by Gasteiger charge is 2.35. The Morgan fingerprint density at radius 1 is 1.24 bits per heavy atom. The summed E-state index contributed by atoms with van der Waals surface area (Å²) in [5.41, 5.74) is 1.35. The molecule has 0 spiro atoms. The molecule has 1 aromatic rings. The molecule has 0 amide bonds. The zero-order valence-electron chi connectivity index (χ0n) is 16.3. The number of hydrogen-bond acceptors (Lipinski definition) is 3. The van der Waals surface area contributed by atoms with Crippen molar-refractivity contribution in [2.45, 2.75) is 46.3 Å². The van der Waals surface area contributed by atoms with Crippen LogP contribution in [0.25, 0.3) is 0 Å². The summed E-state index contributed by atoms with van der Waals surface area (Å²) in [5, 5.41) is 6.84. The second kappa shape index (κ2) is 9.09. The lowest BCUT2D eigenvalue weighted by Gasteiger charge is -2.40. The number of rotatable bonds is 5. The molecular weight excluding hydrogens is 314 g/mol. The van der Waals surface area contributed by atoms with Gasteiger partial charge in [-0.2, -0.15) is 0 Å². The standard InChI is InChI=1S/C20H33N3O2/c1-20(2,3)18-16(7-6-12-25-18)14-23-19(21-4)22-13-15-8-10-17(24-5)11-9-15/h8-11,16,18H,6-7,12-14H2,1-5H3,(H2,21,22,23). The molecule has 0 bridgehead atoms. The quantitative estimate of drug-likeness (QED) is 0.634. The molecule has 5 nitrogen and oxygen atoms in total.